The van der Waals surface area contributed by atoms with Gasteiger partial charge in [-0.05, 0) is 70.8 Å². The zero-order valence-electron chi connectivity index (χ0n) is 15.5. The first-order chi connectivity index (χ1) is 11.9. The number of piperidine rings is 1. The van der Waals surface area contributed by atoms with Gasteiger partial charge in [-0.3, -0.25) is 4.79 Å². The minimum absolute atomic E-state index is 0.00666. The van der Waals surface area contributed by atoms with Crippen LogP contribution in [0.2, 0.25) is 0 Å². The van der Waals surface area contributed by atoms with E-state index in [1.54, 1.807) is 0 Å². The quantitative estimate of drug-likeness (QED) is 0.899. The average molecular weight is 340 g/mol. The fraction of sp³-hybridized carbons (Fsp3) is 0.500. The van der Waals surface area contributed by atoms with Crippen LogP contribution in [0.25, 0.3) is 5.69 Å². The van der Waals surface area contributed by atoms with Crippen molar-refractivity contribution in [3.8, 4) is 5.69 Å². The molecule has 1 aliphatic rings. The molecule has 25 heavy (non-hydrogen) atoms. The van der Waals surface area contributed by atoms with E-state index >= 15 is 0 Å². The summed E-state index contributed by atoms with van der Waals surface area (Å²) in [6.45, 7) is 9.15. The molecule has 3 atom stereocenters. The Morgan fingerprint density at radius 1 is 1.32 bits per heavy atom. The van der Waals surface area contributed by atoms with Gasteiger partial charge in [0.05, 0.1) is 17.4 Å². The Hall–Kier alpha value is -2.14. The lowest BCUT2D eigenvalue weighted by Crippen LogP contribution is -2.42. The molecule has 1 amide bonds. The van der Waals surface area contributed by atoms with Gasteiger partial charge in [-0.25, -0.2) is 4.68 Å². The van der Waals surface area contributed by atoms with Crippen molar-refractivity contribution in [1.82, 2.24) is 20.4 Å². The number of aryl methyl sites for hydroxylation is 2. The number of aromatic nitrogens is 2. The summed E-state index contributed by atoms with van der Waals surface area (Å²) in [4.78, 5) is 12.5. The van der Waals surface area contributed by atoms with Crippen molar-refractivity contribution >= 4 is 5.91 Å². The molecule has 0 spiro atoms. The Morgan fingerprint density at radius 2 is 2.04 bits per heavy atom. The van der Waals surface area contributed by atoms with Crippen molar-refractivity contribution in [3.05, 3.63) is 47.3 Å². The van der Waals surface area contributed by atoms with E-state index in [0.29, 0.717) is 6.04 Å². The smallest absolute Gasteiger partial charge is 0.223 e. The SMILES string of the molecule is Cc1cc(C)n(-c2ccc(C(C)NC(=O)[C@H]3CCN[C@@H](C)C3)cc2)n1. The van der Waals surface area contributed by atoms with Crippen LogP contribution in [-0.2, 0) is 4.79 Å². The molecule has 0 saturated carbocycles. The Balaban J connectivity index is 1.65. The number of nitrogens with one attached hydrogen (secondary N) is 2. The second kappa shape index (κ2) is 7.40. The number of hydrogen-bond donors (Lipinski definition) is 2. The first-order valence-electron chi connectivity index (χ1n) is 9.11. The Kier molecular flexibility index (Phi) is 5.23. The van der Waals surface area contributed by atoms with Crippen molar-refractivity contribution in [1.29, 1.82) is 0 Å². The molecule has 2 aromatic rings. The number of nitrogens with zero attached hydrogens (tertiary/aromatic N) is 2. The predicted molar refractivity (Wildman–Crippen MR) is 99.8 cm³/mol. The van der Waals surface area contributed by atoms with Crippen LogP contribution in [0.5, 0.6) is 0 Å². The average Bonchev–Trinajstić information content (AvgIpc) is 2.93. The molecule has 5 nitrogen and oxygen atoms in total. The van der Waals surface area contributed by atoms with Gasteiger partial charge < -0.3 is 10.6 Å². The second-order valence-electron chi connectivity index (χ2n) is 7.24. The molecule has 3 rings (SSSR count). The van der Waals surface area contributed by atoms with E-state index in [9.17, 15) is 4.79 Å². The number of carbonyl (C=O) groups is 1. The first kappa shape index (κ1) is 17.7. The summed E-state index contributed by atoms with van der Waals surface area (Å²) in [6.07, 6.45) is 1.83. The molecule has 1 fully saturated rings. The molecular weight excluding hydrogens is 312 g/mol. The maximum absolute atomic E-state index is 12.5. The van der Waals surface area contributed by atoms with E-state index in [4.69, 9.17) is 0 Å². The van der Waals surface area contributed by atoms with Crippen LogP contribution < -0.4 is 10.6 Å². The van der Waals surface area contributed by atoms with Gasteiger partial charge in [0, 0.05) is 17.7 Å². The van der Waals surface area contributed by atoms with Gasteiger partial charge in [-0.1, -0.05) is 12.1 Å². The molecule has 1 aromatic heterocycles. The maximum atomic E-state index is 12.5. The van der Waals surface area contributed by atoms with Gasteiger partial charge in [0.25, 0.3) is 0 Å². The van der Waals surface area contributed by atoms with Crippen molar-refractivity contribution in [2.24, 2.45) is 5.92 Å². The molecule has 1 aromatic carbocycles. The highest BCUT2D eigenvalue weighted by Crippen LogP contribution is 2.20. The fourth-order valence-corrected chi connectivity index (χ4v) is 3.58. The maximum Gasteiger partial charge on any atom is 0.223 e. The Labute approximate surface area is 149 Å². The standard InChI is InChI=1S/C20H28N4O/c1-13-12-18(9-10-21-13)20(25)22-16(4)17-5-7-19(8-6-17)24-15(3)11-14(2)23-24/h5-8,11,13,16,18,21H,9-10,12H2,1-4H3,(H,22,25)/t13-,16?,18-/m0/s1. The summed E-state index contributed by atoms with van der Waals surface area (Å²) < 4.78 is 1.94. The van der Waals surface area contributed by atoms with Crippen LogP contribution >= 0.6 is 0 Å². The number of hydrogen-bond acceptors (Lipinski definition) is 3. The van der Waals surface area contributed by atoms with Crippen molar-refractivity contribution in [2.75, 3.05) is 6.54 Å². The highest BCUT2D eigenvalue weighted by molar-refractivity contribution is 5.79. The molecule has 0 bridgehead atoms. The fourth-order valence-electron chi connectivity index (χ4n) is 3.58. The Bertz CT molecular complexity index is 735. The minimum Gasteiger partial charge on any atom is -0.349 e. The summed E-state index contributed by atoms with van der Waals surface area (Å²) in [6, 6.07) is 10.8. The molecule has 134 valence electrons. The molecule has 1 saturated heterocycles. The third-order valence-electron chi connectivity index (χ3n) is 5.00. The third-order valence-corrected chi connectivity index (χ3v) is 5.00. The summed E-state index contributed by atoms with van der Waals surface area (Å²) in [5.41, 5.74) is 4.28. The van der Waals surface area contributed by atoms with Crippen LogP contribution in [0.15, 0.2) is 30.3 Å². The molecule has 2 N–H and O–H groups in total. The van der Waals surface area contributed by atoms with Crippen LogP contribution in [-0.4, -0.2) is 28.3 Å². The van der Waals surface area contributed by atoms with Crippen LogP contribution in [0, 0.1) is 19.8 Å². The van der Waals surface area contributed by atoms with Crippen LogP contribution in [0.1, 0.15) is 49.7 Å². The van der Waals surface area contributed by atoms with Gasteiger partial charge in [-0.15, -0.1) is 0 Å². The van der Waals surface area contributed by atoms with E-state index in [0.717, 1.165) is 42.0 Å². The topological polar surface area (TPSA) is 59.0 Å². The summed E-state index contributed by atoms with van der Waals surface area (Å²) >= 11 is 0. The third kappa shape index (κ3) is 4.10. The van der Waals surface area contributed by atoms with Gasteiger partial charge in [0.15, 0.2) is 0 Å². The highest BCUT2D eigenvalue weighted by atomic mass is 16.1. The molecular formula is C20H28N4O. The van der Waals surface area contributed by atoms with E-state index in [1.807, 2.05) is 18.5 Å². The number of carbonyl (C=O) groups excluding carboxylic acids is 1. The molecule has 1 unspecified atom stereocenters. The number of rotatable bonds is 4. The molecule has 0 aliphatic carbocycles. The molecule has 5 heteroatoms. The van der Waals surface area contributed by atoms with E-state index in [2.05, 4.69) is 59.9 Å². The van der Waals surface area contributed by atoms with E-state index < -0.39 is 0 Å². The van der Waals surface area contributed by atoms with Crippen LogP contribution in [0.4, 0.5) is 0 Å². The van der Waals surface area contributed by atoms with Gasteiger partial charge in [-0.2, -0.15) is 5.10 Å². The highest BCUT2D eigenvalue weighted by Gasteiger charge is 2.25. The minimum atomic E-state index is 0.00666. The van der Waals surface area contributed by atoms with E-state index in [1.165, 1.54) is 0 Å². The zero-order chi connectivity index (χ0) is 18.0. The number of amides is 1. The van der Waals surface area contributed by atoms with E-state index in [-0.39, 0.29) is 17.9 Å². The van der Waals surface area contributed by atoms with Crippen LogP contribution in [0.3, 0.4) is 0 Å². The predicted octanol–water partition coefficient (Wildman–Crippen LogP) is 3.05. The lowest BCUT2D eigenvalue weighted by atomic mass is 9.92. The monoisotopic (exact) mass is 340 g/mol. The van der Waals surface area contributed by atoms with Gasteiger partial charge in [0.2, 0.25) is 5.91 Å². The summed E-state index contributed by atoms with van der Waals surface area (Å²) in [7, 11) is 0. The van der Waals surface area contributed by atoms with Gasteiger partial charge >= 0.3 is 0 Å². The number of benzene rings is 1. The zero-order valence-corrected chi connectivity index (χ0v) is 15.5. The molecule has 1 aliphatic heterocycles. The summed E-state index contributed by atoms with van der Waals surface area (Å²) in [5, 5.41) is 11.1. The largest absolute Gasteiger partial charge is 0.349 e. The molecule has 0 radical (unpaired) electrons. The van der Waals surface area contributed by atoms with Crippen molar-refractivity contribution < 1.29 is 4.79 Å². The summed E-state index contributed by atoms with van der Waals surface area (Å²) in [5.74, 6) is 0.288. The lowest BCUT2D eigenvalue weighted by molar-refractivity contribution is -0.126. The second-order valence-corrected chi connectivity index (χ2v) is 7.24. The van der Waals surface area contributed by atoms with Crippen molar-refractivity contribution in [2.45, 2.75) is 52.6 Å². The Morgan fingerprint density at radius 3 is 2.64 bits per heavy atom. The first-order valence-corrected chi connectivity index (χ1v) is 9.11. The van der Waals surface area contributed by atoms with Gasteiger partial charge in [0.1, 0.15) is 0 Å². The van der Waals surface area contributed by atoms with Crippen molar-refractivity contribution in [3.63, 3.8) is 0 Å². The normalized spacial score (nSPS) is 21.8. The molecule has 2 heterocycles. The lowest BCUT2D eigenvalue weighted by Gasteiger charge is -2.28.